The predicted molar refractivity (Wildman–Crippen MR) is 93.3 cm³/mol. The lowest BCUT2D eigenvalue weighted by molar-refractivity contribution is 0.571. The van der Waals surface area contributed by atoms with Gasteiger partial charge in [-0.25, -0.2) is 0 Å². The molecular weight excluding hydrogens is 301 g/mol. The summed E-state index contributed by atoms with van der Waals surface area (Å²) < 4.78 is 0. The topological polar surface area (TPSA) is 12.0 Å². The molecule has 0 aliphatic heterocycles. The first-order chi connectivity index (χ1) is 10.0. The number of rotatable bonds is 5. The van der Waals surface area contributed by atoms with Crippen LogP contribution in [0.3, 0.4) is 0 Å². The van der Waals surface area contributed by atoms with E-state index in [1.807, 2.05) is 25.1 Å². The lowest BCUT2D eigenvalue weighted by Gasteiger charge is -2.16. The van der Waals surface area contributed by atoms with Crippen LogP contribution in [0.2, 0.25) is 10.0 Å². The minimum atomic E-state index is 0.258. The van der Waals surface area contributed by atoms with Gasteiger partial charge in [0.25, 0.3) is 0 Å². The van der Waals surface area contributed by atoms with Crippen LogP contribution in [0.25, 0.3) is 11.1 Å². The Bertz CT molecular complexity index is 623. The van der Waals surface area contributed by atoms with E-state index in [1.54, 1.807) is 0 Å². The third kappa shape index (κ3) is 4.00. The monoisotopic (exact) mass is 321 g/mol. The molecular formula is C18H21Cl2N. The SMILES string of the molecule is CCCNC(C)c1ccc(-c2ccc(C)c(Cl)c2)cc1Cl. The molecule has 3 heteroatoms. The van der Waals surface area contributed by atoms with E-state index in [1.165, 1.54) is 0 Å². The van der Waals surface area contributed by atoms with E-state index in [-0.39, 0.29) is 6.04 Å². The summed E-state index contributed by atoms with van der Waals surface area (Å²) >= 11 is 12.7. The predicted octanol–water partition coefficient (Wildman–Crippen LogP) is 6.03. The lowest BCUT2D eigenvalue weighted by atomic mass is 10.0. The highest BCUT2D eigenvalue weighted by Gasteiger charge is 2.10. The minimum absolute atomic E-state index is 0.258. The maximum atomic E-state index is 6.45. The van der Waals surface area contributed by atoms with Crippen LogP contribution in [-0.2, 0) is 0 Å². The second kappa shape index (κ2) is 7.31. The van der Waals surface area contributed by atoms with Crippen LogP contribution in [0.4, 0.5) is 0 Å². The summed E-state index contributed by atoms with van der Waals surface area (Å²) in [7, 11) is 0. The molecule has 0 heterocycles. The normalized spacial score (nSPS) is 12.4. The highest BCUT2D eigenvalue weighted by Crippen LogP contribution is 2.31. The molecule has 2 aromatic rings. The van der Waals surface area contributed by atoms with Crippen molar-refractivity contribution in [1.29, 1.82) is 0 Å². The van der Waals surface area contributed by atoms with Crippen LogP contribution in [0.15, 0.2) is 36.4 Å². The van der Waals surface area contributed by atoms with Crippen molar-refractivity contribution in [2.24, 2.45) is 0 Å². The molecule has 0 aromatic heterocycles. The average molecular weight is 322 g/mol. The van der Waals surface area contributed by atoms with Gasteiger partial charge in [-0.1, -0.05) is 54.4 Å². The third-order valence-electron chi connectivity index (χ3n) is 3.67. The molecule has 0 saturated carbocycles. The first-order valence-corrected chi connectivity index (χ1v) is 8.08. The number of aryl methyl sites for hydroxylation is 1. The molecule has 0 radical (unpaired) electrons. The quantitative estimate of drug-likeness (QED) is 0.709. The number of nitrogens with one attached hydrogen (secondary N) is 1. The average Bonchev–Trinajstić information content (AvgIpc) is 2.47. The first kappa shape index (κ1) is 16.4. The number of benzene rings is 2. The summed E-state index contributed by atoms with van der Waals surface area (Å²) in [4.78, 5) is 0. The van der Waals surface area contributed by atoms with Gasteiger partial charge in [-0.3, -0.25) is 0 Å². The van der Waals surface area contributed by atoms with Crippen molar-refractivity contribution in [1.82, 2.24) is 5.32 Å². The van der Waals surface area contributed by atoms with Crippen LogP contribution < -0.4 is 5.32 Å². The zero-order chi connectivity index (χ0) is 15.4. The molecule has 0 aliphatic carbocycles. The van der Waals surface area contributed by atoms with Gasteiger partial charge in [0.1, 0.15) is 0 Å². The number of halogens is 2. The summed E-state index contributed by atoms with van der Waals surface area (Å²) in [5, 5.41) is 5.03. The Morgan fingerprint density at radius 3 is 2.19 bits per heavy atom. The molecule has 0 spiro atoms. The van der Waals surface area contributed by atoms with E-state index in [0.717, 1.165) is 45.3 Å². The molecule has 2 rings (SSSR count). The summed E-state index contributed by atoms with van der Waals surface area (Å²) in [5.74, 6) is 0. The molecule has 0 aliphatic rings. The van der Waals surface area contributed by atoms with Crippen molar-refractivity contribution >= 4 is 23.2 Å². The highest BCUT2D eigenvalue weighted by molar-refractivity contribution is 6.32. The van der Waals surface area contributed by atoms with Crippen molar-refractivity contribution in [3.63, 3.8) is 0 Å². The van der Waals surface area contributed by atoms with Crippen molar-refractivity contribution in [2.75, 3.05) is 6.54 Å². The largest absolute Gasteiger partial charge is 0.310 e. The number of hydrogen-bond donors (Lipinski definition) is 1. The molecule has 0 fully saturated rings. The maximum absolute atomic E-state index is 6.45. The molecule has 1 nitrogen and oxygen atoms in total. The zero-order valence-corrected chi connectivity index (χ0v) is 14.2. The fourth-order valence-corrected chi connectivity index (χ4v) is 2.83. The lowest BCUT2D eigenvalue weighted by Crippen LogP contribution is -2.19. The summed E-state index contributed by atoms with van der Waals surface area (Å²) in [5.41, 5.74) is 4.40. The van der Waals surface area contributed by atoms with E-state index in [0.29, 0.717) is 0 Å². The van der Waals surface area contributed by atoms with Gasteiger partial charge in [0.2, 0.25) is 0 Å². The number of hydrogen-bond acceptors (Lipinski definition) is 1. The first-order valence-electron chi connectivity index (χ1n) is 7.32. The highest BCUT2D eigenvalue weighted by atomic mass is 35.5. The van der Waals surface area contributed by atoms with E-state index in [2.05, 4.69) is 37.4 Å². The standard InChI is InChI=1S/C18H21Cl2N/c1-4-9-21-13(3)16-8-7-15(11-18(16)20)14-6-5-12(2)17(19)10-14/h5-8,10-11,13,21H,4,9H2,1-3H3. The Kier molecular flexibility index (Phi) is 5.69. The molecule has 1 unspecified atom stereocenters. The Labute approximate surface area is 137 Å². The van der Waals surface area contributed by atoms with Crippen molar-refractivity contribution in [3.8, 4) is 11.1 Å². The van der Waals surface area contributed by atoms with Crippen LogP contribution >= 0.6 is 23.2 Å². The van der Waals surface area contributed by atoms with E-state index in [9.17, 15) is 0 Å². The van der Waals surface area contributed by atoms with Crippen LogP contribution in [0, 0.1) is 6.92 Å². The van der Waals surface area contributed by atoms with Gasteiger partial charge in [-0.15, -0.1) is 0 Å². The molecule has 0 bridgehead atoms. The van der Waals surface area contributed by atoms with Gasteiger partial charge in [0, 0.05) is 16.1 Å². The maximum Gasteiger partial charge on any atom is 0.0459 e. The second-order valence-corrected chi connectivity index (χ2v) is 6.19. The Hall–Kier alpha value is -1.02. The zero-order valence-electron chi connectivity index (χ0n) is 12.7. The smallest absolute Gasteiger partial charge is 0.0459 e. The molecule has 2 aromatic carbocycles. The fourth-order valence-electron chi connectivity index (χ4n) is 2.30. The van der Waals surface area contributed by atoms with Gasteiger partial charge >= 0.3 is 0 Å². The van der Waals surface area contributed by atoms with Gasteiger partial charge in [0.15, 0.2) is 0 Å². The molecule has 0 saturated heterocycles. The Morgan fingerprint density at radius 1 is 1.00 bits per heavy atom. The van der Waals surface area contributed by atoms with Gasteiger partial charge in [0.05, 0.1) is 0 Å². The molecule has 112 valence electrons. The van der Waals surface area contributed by atoms with Gasteiger partial charge in [-0.05, 0) is 61.2 Å². The molecule has 21 heavy (non-hydrogen) atoms. The minimum Gasteiger partial charge on any atom is -0.310 e. The van der Waals surface area contributed by atoms with E-state index >= 15 is 0 Å². The van der Waals surface area contributed by atoms with Crippen LogP contribution in [-0.4, -0.2) is 6.54 Å². The van der Waals surface area contributed by atoms with Crippen molar-refractivity contribution in [2.45, 2.75) is 33.2 Å². The summed E-state index contributed by atoms with van der Waals surface area (Å²) in [6.45, 7) is 7.29. The second-order valence-electron chi connectivity index (χ2n) is 5.38. The third-order valence-corrected chi connectivity index (χ3v) is 4.41. The van der Waals surface area contributed by atoms with E-state index < -0.39 is 0 Å². The van der Waals surface area contributed by atoms with E-state index in [4.69, 9.17) is 23.2 Å². The summed E-state index contributed by atoms with van der Waals surface area (Å²) in [6.07, 6.45) is 1.11. The van der Waals surface area contributed by atoms with Gasteiger partial charge in [-0.2, -0.15) is 0 Å². The fraction of sp³-hybridized carbons (Fsp3) is 0.333. The van der Waals surface area contributed by atoms with Gasteiger partial charge < -0.3 is 5.32 Å². The molecule has 0 amide bonds. The van der Waals surface area contributed by atoms with Crippen LogP contribution in [0.1, 0.15) is 37.4 Å². The molecule has 1 N–H and O–H groups in total. The Balaban J connectivity index is 2.27. The van der Waals surface area contributed by atoms with Crippen molar-refractivity contribution < 1.29 is 0 Å². The van der Waals surface area contributed by atoms with Crippen LogP contribution in [0.5, 0.6) is 0 Å². The summed E-state index contributed by atoms with van der Waals surface area (Å²) in [6, 6.07) is 12.6. The van der Waals surface area contributed by atoms with Crippen molar-refractivity contribution in [3.05, 3.63) is 57.6 Å². The molecule has 1 atom stereocenters. The Morgan fingerprint density at radius 2 is 1.62 bits per heavy atom.